The molecule has 3 aromatic rings. The highest BCUT2D eigenvalue weighted by atomic mass is 32.2. The van der Waals surface area contributed by atoms with Crippen LogP contribution in [0.1, 0.15) is 15.9 Å². The Morgan fingerprint density at radius 1 is 1.00 bits per heavy atom. The first kappa shape index (κ1) is 19.5. The van der Waals surface area contributed by atoms with Gasteiger partial charge in [0.05, 0.1) is 4.90 Å². The van der Waals surface area contributed by atoms with Crippen LogP contribution in [0.4, 0.5) is 10.1 Å². The number of rotatable bonds is 6. The van der Waals surface area contributed by atoms with Crippen LogP contribution in [0.2, 0.25) is 0 Å². The van der Waals surface area contributed by atoms with Crippen LogP contribution in [0.25, 0.3) is 0 Å². The molecule has 3 rings (SSSR count). The van der Waals surface area contributed by atoms with Crippen LogP contribution in [0.15, 0.2) is 78.0 Å². The summed E-state index contributed by atoms with van der Waals surface area (Å²) in [5.41, 5.74) is 1.69. The molecular formula is C20H18FN3O3S. The molecular weight excluding hydrogens is 381 g/mol. The van der Waals surface area contributed by atoms with E-state index in [1.807, 2.05) is 12.1 Å². The second-order valence-corrected chi connectivity index (χ2v) is 7.84. The Bertz CT molecular complexity index is 1050. The number of sulfonamides is 1. The molecule has 8 heteroatoms. The third kappa shape index (κ3) is 4.72. The molecule has 1 heterocycles. The first-order chi connectivity index (χ1) is 13.3. The maximum atomic E-state index is 13.0. The molecule has 1 aromatic heterocycles. The van der Waals surface area contributed by atoms with Crippen LogP contribution in [0, 0.1) is 5.82 Å². The normalized spacial score (nSPS) is 11.1. The Kier molecular flexibility index (Phi) is 5.70. The molecule has 6 nitrogen and oxygen atoms in total. The van der Waals surface area contributed by atoms with Crippen LogP contribution < -0.4 is 4.72 Å². The largest absolute Gasteiger partial charge is 0.337 e. The van der Waals surface area contributed by atoms with Crippen molar-refractivity contribution in [3.63, 3.8) is 0 Å². The standard InChI is InChI=1S/C20H18FN3O3S/c1-24(14-15-10-12-22-13-11-15)20(25)16-2-6-18(7-3-16)23-28(26,27)19-8-4-17(21)5-9-19/h2-13,23H,14H2,1H3. The summed E-state index contributed by atoms with van der Waals surface area (Å²) in [5.74, 6) is -0.706. The highest BCUT2D eigenvalue weighted by Gasteiger charge is 2.16. The zero-order chi connectivity index (χ0) is 20.1. The molecule has 0 aliphatic carbocycles. The number of anilines is 1. The number of carbonyl (C=O) groups excluding carboxylic acids is 1. The van der Waals surface area contributed by atoms with Crippen molar-refractivity contribution >= 4 is 21.6 Å². The SMILES string of the molecule is CN(Cc1ccncc1)C(=O)c1ccc(NS(=O)(=O)c2ccc(F)cc2)cc1. The number of pyridine rings is 1. The number of benzene rings is 2. The van der Waals surface area contributed by atoms with Gasteiger partial charge in [-0.25, -0.2) is 12.8 Å². The summed E-state index contributed by atoms with van der Waals surface area (Å²) in [6.45, 7) is 0.431. The highest BCUT2D eigenvalue weighted by molar-refractivity contribution is 7.92. The fourth-order valence-corrected chi connectivity index (χ4v) is 3.62. The van der Waals surface area contributed by atoms with Crippen LogP contribution in [-0.4, -0.2) is 31.3 Å². The van der Waals surface area contributed by atoms with Crippen molar-refractivity contribution in [2.45, 2.75) is 11.4 Å². The van der Waals surface area contributed by atoms with E-state index in [1.165, 1.54) is 24.3 Å². The predicted molar refractivity (Wildman–Crippen MR) is 104 cm³/mol. The molecule has 0 saturated heterocycles. The van der Waals surface area contributed by atoms with Crippen molar-refractivity contribution in [1.29, 1.82) is 0 Å². The molecule has 0 aliphatic rings. The molecule has 0 spiro atoms. The average Bonchev–Trinajstić information content (AvgIpc) is 2.69. The van der Waals surface area contributed by atoms with Gasteiger partial charge in [0.1, 0.15) is 5.82 Å². The lowest BCUT2D eigenvalue weighted by atomic mass is 10.1. The quantitative estimate of drug-likeness (QED) is 0.690. The maximum absolute atomic E-state index is 13.0. The van der Waals surface area contributed by atoms with Crippen LogP contribution in [0.3, 0.4) is 0 Å². The molecule has 0 unspecified atom stereocenters. The van der Waals surface area contributed by atoms with Gasteiger partial charge in [-0.05, 0) is 66.2 Å². The van der Waals surface area contributed by atoms with Gasteiger partial charge in [-0.3, -0.25) is 14.5 Å². The number of halogens is 1. The van der Waals surface area contributed by atoms with Gasteiger partial charge in [-0.2, -0.15) is 0 Å². The summed E-state index contributed by atoms with van der Waals surface area (Å²) in [5, 5.41) is 0. The lowest BCUT2D eigenvalue weighted by Gasteiger charge is -2.17. The average molecular weight is 399 g/mol. The van der Waals surface area contributed by atoms with Crippen molar-refractivity contribution in [2.75, 3.05) is 11.8 Å². The van der Waals surface area contributed by atoms with E-state index in [-0.39, 0.29) is 10.8 Å². The minimum atomic E-state index is -3.84. The van der Waals surface area contributed by atoms with E-state index < -0.39 is 15.8 Å². The summed E-state index contributed by atoms with van der Waals surface area (Å²) < 4.78 is 40.0. The Labute approximate surface area is 162 Å². The van der Waals surface area contributed by atoms with Gasteiger partial charge in [0.25, 0.3) is 15.9 Å². The van der Waals surface area contributed by atoms with Gasteiger partial charge in [-0.1, -0.05) is 0 Å². The topological polar surface area (TPSA) is 79.4 Å². The van der Waals surface area contributed by atoms with E-state index in [0.29, 0.717) is 17.8 Å². The summed E-state index contributed by atoms with van der Waals surface area (Å²) in [6.07, 6.45) is 3.32. The molecule has 0 saturated carbocycles. The first-order valence-corrected chi connectivity index (χ1v) is 9.86. The van der Waals surface area contributed by atoms with E-state index in [2.05, 4.69) is 9.71 Å². The molecule has 0 atom stereocenters. The van der Waals surface area contributed by atoms with Gasteiger partial charge >= 0.3 is 0 Å². The number of nitrogens with zero attached hydrogens (tertiary/aromatic N) is 2. The minimum absolute atomic E-state index is 0.0499. The fourth-order valence-electron chi connectivity index (χ4n) is 2.56. The molecule has 2 aromatic carbocycles. The molecule has 1 amide bonds. The predicted octanol–water partition coefficient (Wildman–Crippen LogP) is 3.29. The fraction of sp³-hybridized carbons (Fsp3) is 0.100. The van der Waals surface area contributed by atoms with E-state index in [4.69, 9.17) is 0 Å². The number of nitrogens with one attached hydrogen (secondary N) is 1. The van der Waals surface area contributed by atoms with Gasteiger partial charge in [0.15, 0.2) is 0 Å². The Balaban J connectivity index is 1.69. The van der Waals surface area contributed by atoms with Gasteiger partial charge in [-0.15, -0.1) is 0 Å². The van der Waals surface area contributed by atoms with Crippen LogP contribution >= 0.6 is 0 Å². The highest BCUT2D eigenvalue weighted by Crippen LogP contribution is 2.18. The summed E-state index contributed by atoms with van der Waals surface area (Å²) in [7, 11) is -2.15. The van der Waals surface area contributed by atoms with E-state index in [1.54, 1.807) is 36.5 Å². The van der Waals surface area contributed by atoms with E-state index in [0.717, 1.165) is 17.7 Å². The number of carbonyl (C=O) groups is 1. The number of amides is 1. The van der Waals surface area contributed by atoms with Crippen molar-refractivity contribution in [1.82, 2.24) is 9.88 Å². The second kappa shape index (κ2) is 8.18. The Hall–Kier alpha value is -3.26. The third-order valence-electron chi connectivity index (χ3n) is 4.02. The lowest BCUT2D eigenvalue weighted by Crippen LogP contribution is -2.26. The van der Waals surface area contributed by atoms with Crippen molar-refractivity contribution in [3.05, 3.63) is 90.0 Å². The van der Waals surface area contributed by atoms with Crippen molar-refractivity contribution in [3.8, 4) is 0 Å². The maximum Gasteiger partial charge on any atom is 0.261 e. The monoisotopic (exact) mass is 399 g/mol. The zero-order valence-electron chi connectivity index (χ0n) is 15.0. The van der Waals surface area contributed by atoms with E-state index in [9.17, 15) is 17.6 Å². The molecule has 0 aliphatic heterocycles. The van der Waals surface area contributed by atoms with Crippen molar-refractivity contribution < 1.29 is 17.6 Å². The summed E-state index contributed by atoms with van der Waals surface area (Å²) in [4.78, 5) is 18.0. The molecule has 0 radical (unpaired) electrons. The molecule has 0 fully saturated rings. The molecule has 28 heavy (non-hydrogen) atoms. The van der Waals surface area contributed by atoms with Gasteiger partial charge in [0.2, 0.25) is 0 Å². The van der Waals surface area contributed by atoms with Crippen LogP contribution in [0.5, 0.6) is 0 Å². The summed E-state index contributed by atoms with van der Waals surface area (Å²) >= 11 is 0. The molecule has 0 bridgehead atoms. The zero-order valence-corrected chi connectivity index (χ0v) is 15.9. The number of hydrogen-bond acceptors (Lipinski definition) is 4. The Morgan fingerprint density at radius 2 is 1.61 bits per heavy atom. The van der Waals surface area contributed by atoms with Crippen molar-refractivity contribution in [2.24, 2.45) is 0 Å². The smallest absolute Gasteiger partial charge is 0.261 e. The third-order valence-corrected chi connectivity index (χ3v) is 5.42. The van der Waals surface area contributed by atoms with E-state index >= 15 is 0 Å². The molecule has 144 valence electrons. The number of hydrogen-bond donors (Lipinski definition) is 1. The second-order valence-electron chi connectivity index (χ2n) is 6.15. The van der Waals surface area contributed by atoms with Crippen LogP contribution in [-0.2, 0) is 16.6 Å². The van der Waals surface area contributed by atoms with Gasteiger partial charge in [0, 0.05) is 37.2 Å². The molecule has 1 N–H and O–H groups in total. The first-order valence-electron chi connectivity index (χ1n) is 8.38. The van der Waals surface area contributed by atoms with Gasteiger partial charge < -0.3 is 4.90 Å². The lowest BCUT2D eigenvalue weighted by molar-refractivity contribution is 0.0785. The minimum Gasteiger partial charge on any atom is -0.337 e. The Morgan fingerprint density at radius 3 is 2.21 bits per heavy atom. The number of aromatic nitrogens is 1. The summed E-state index contributed by atoms with van der Waals surface area (Å²) in [6, 6.07) is 14.3.